The van der Waals surface area contributed by atoms with Crippen molar-refractivity contribution in [1.82, 2.24) is 0 Å². The highest BCUT2D eigenvalue weighted by Crippen LogP contribution is 2.25. The predicted octanol–water partition coefficient (Wildman–Crippen LogP) is 3.68. The fraction of sp³-hybridized carbons (Fsp3) is 0.0625. The number of aromatic nitrogens is 1. The van der Waals surface area contributed by atoms with Crippen molar-refractivity contribution in [2.75, 3.05) is 5.73 Å². The summed E-state index contributed by atoms with van der Waals surface area (Å²) in [4.78, 5) is 1.26. The van der Waals surface area contributed by atoms with Crippen LogP contribution in [0.3, 0.4) is 0 Å². The van der Waals surface area contributed by atoms with Gasteiger partial charge in [0.05, 0.1) is 0 Å². The Morgan fingerprint density at radius 1 is 0.947 bits per heavy atom. The molecule has 2 N–H and O–H groups in total. The number of nitrogens with two attached hydrogens (primary N) is 1. The molecule has 0 amide bonds. The Bertz CT molecular complexity index is 938. The molecule has 2 heterocycles. The zero-order valence-electron chi connectivity index (χ0n) is 10.6. The molecule has 0 atom stereocenters. The highest BCUT2D eigenvalue weighted by molar-refractivity contribution is 7.23. The Labute approximate surface area is 114 Å². The second-order valence-corrected chi connectivity index (χ2v) is 5.96. The van der Waals surface area contributed by atoms with Crippen LogP contribution in [0, 0.1) is 6.92 Å². The minimum Gasteiger partial charge on any atom is -0.399 e. The molecule has 0 spiro atoms. The van der Waals surface area contributed by atoms with Gasteiger partial charge in [-0.05, 0) is 36.8 Å². The van der Waals surface area contributed by atoms with E-state index in [1.54, 1.807) is 0 Å². The maximum Gasteiger partial charge on any atom is 0.268 e. The van der Waals surface area contributed by atoms with Gasteiger partial charge in [-0.2, -0.15) is 0 Å². The molecule has 0 radical (unpaired) electrons. The predicted molar refractivity (Wildman–Crippen MR) is 81.6 cm³/mol. The van der Waals surface area contributed by atoms with Crippen molar-refractivity contribution >= 4 is 43.0 Å². The van der Waals surface area contributed by atoms with Gasteiger partial charge in [-0.25, -0.2) is 0 Å². The summed E-state index contributed by atoms with van der Waals surface area (Å²) in [7, 11) is 0. The zero-order chi connectivity index (χ0) is 13.0. The third kappa shape index (κ3) is 1.52. The standard InChI is InChI=1S/C16H13N2S/c1-10-2-6-15-14(8-10)18-13-5-4-12(17)9-11(13)3-7-16(18)19-15/h2-9H,17H2,1H3/q+1. The number of anilines is 1. The molecule has 0 aliphatic rings. The van der Waals surface area contributed by atoms with E-state index >= 15 is 0 Å². The molecule has 2 aromatic heterocycles. The first-order valence-electron chi connectivity index (χ1n) is 6.25. The average Bonchev–Trinajstić information content (AvgIpc) is 2.76. The maximum absolute atomic E-state index is 5.87. The van der Waals surface area contributed by atoms with Crippen LogP contribution in [0.5, 0.6) is 0 Å². The van der Waals surface area contributed by atoms with Gasteiger partial charge in [0.15, 0.2) is 0 Å². The van der Waals surface area contributed by atoms with E-state index in [-0.39, 0.29) is 0 Å². The molecule has 0 aliphatic carbocycles. The van der Waals surface area contributed by atoms with Crippen LogP contribution in [0.15, 0.2) is 48.5 Å². The average molecular weight is 265 g/mol. The lowest BCUT2D eigenvalue weighted by molar-refractivity contribution is -0.446. The molecular formula is C16H13N2S+. The van der Waals surface area contributed by atoms with E-state index in [4.69, 9.17) is 5.73 Å². The maximum atomic E-state index is 5.87. The minimum absolute atomic E-state index is 0.808. The Hall–Kier alpha value is -2.13. The first kappa shape index (κ1) is 10.8. The lowest BCUT2D eigenvalue weighted by Gasteiger charge is -1.96. The third-order valence-corrected chi connectivity index (χ3v) is 4.58. The second-order valence-electron chi connectivity index (χ2n) is 4.90. The number of hydrogen-bond acceptors (Lipinski definition) is 2. The fourth-order valence-corrected chi connectivity index (χ4v) is 3.63. The van der Waals surface area contributed by atoms with Gasteiger partial charge in [-0.1, -0.05) is 17.4 Å². The highest BCUT2D eigenvalue weighted by Gasteiger charge is 2.17. The van der Waals surface area contributed by atoms with Gasteiger partial charge < -0.3 is 5.73 Å². The molecular weight excluding hydrogens is 252 g/mol. The van der Waals surface area contributed by atoms with E-state index in [0.717, 1.165) is 5.69 Å². The van der Waals surface area contributed by atoms with Gasteiger partial charge in [0, 0.05) is 29.3 Å². The van der Waals surface area contributed by atoms with Crippen LogP contribution in [0.1, 0.15) is 5.56 Å². The molecule has 19 heavy (non-hydrogen) atoms. The molecule has 0 bridgehead atoms. The molecule has 0 saturated heterocycles. The van der Waals surface area contributed by atoms with Crippen molar-refractivity contribution in [3.05, 3.63) is 54.1 Å². The van der Waals surface area contributed by atoms with E-state index < -0.39 is 0 Å². The van der Waals surface area contributed by atoms with Crippen LogP contribution >= 0.6 is 11.3 Å². The number of thiazole rings is 1. The molecule has 3 heteroatoms. The summed E-state index contributed by atoms with van der Waals surface area (Å²) in [5.74, 6) is 0. The Morgan fingerprint density at radius 3 is 2.74 bits per heavy atom. The van der Waals surface area contributed by atoms with Gasteiger partial charge in [-0.3, -0.25) is 0 Å². The van der Waals surface area contributed by atoms with Crippen molar-refractivity contribution in [1.29, 1.82) is 0 Å². The summed E-state index contributed by atoms with van der Waals surface area (Å²) in [5.41, 5.74) is 10.5. The first-order valence-corrected chi connectivity index (χ1v) is 7.07. The number of rotatable bonds is 0. The topological polar surface area (TPSA) is 30.1 Å². The van der Waals surface area contributed by atoms with Gasteiger partial charge in [0.25, 0.3) is 4.83 Å². The summed E-state index contributed by atoms with van der Waals surface area (Å²) in [6, 6.07) is 17.0. The normalized spacial score (nSPS) is 11.6. The minimum atomic E-state index is 0.808. The van der Waals surface area contributed by atoms with Crippen LogP contribution in [-0.2, 0) is 0 Å². The molecule has 0 fully saturated rings. The van der Waals surface area contributed by atoms with Crippen molar-refractivity contribution in [3.63, 3.8) is 0 Å². The van der Waals surface area contributed by atoms with Crippen LogP contribution in [-0.4, -0.2) is 0 Å². The fourth-order valence-electron chi connectivity index (χ4n) is 2.59. The van der Waals surface area contributed by atoms with Crippen LogP contribution < -0.4 is 10.1 Å². The summed E-state index contributed by atoms with van der Waals surface area (Å²) in [6.45, 7) is 2.13. The molecule has 2 aromatic carbocycles. The Kier molecular flexibility index (Phi) is 2.09. The van der Waals surface area contributed by atoms with E-state index in [1.165, 1.54) is 31.5 Å². The highest BCUT2D eigenvalue weighted by atomic mass is 32.1. The largest absolute Gasteiger partial charge is 0.399 e. The van der Waals surface area contributed by atoms with Crippen LogP contribution in [0.25, 0.3) is 25.9 Å². The van der Waals surface area contributed by atoms with E-state index in [1.807, 2.05) is 23.5 Å². The Morgan fingerprint density at radius 2 is 1.84 bits per heavy atom. The Balaban J connectivity index is 2.30. The quantitative estimate of drug-likeness (QED) is 0.381. The van der Waals surface area contributed by atoms with E-state index in [2.05, 4.69) is 47.7 Å². The van der Waals surface area contributed by atoms with Crippen LogP contribution in [0.4, 0.5) is 5.69 Å². The third-order valence-electron chi connectivity index (χ3n) is 3.49. The SMILES string of the molecule is Cc1ccc2sc3ccc4cc(N)ccc4[n+]3c2c1. The first-order chi connectivity index (χ1) is 9.22. The zero-order valence-corrected chi connectivity index (χ0v) is 11.4. The summed E-state index contributed by atoms with van der Waals surface area (Å²) in [5, 5.41) is 1.18. The number of aryl methyl sites for hydroxylation is 1. The van der Waals surface area contributed by atoms with E-state index in [0.29, 0.717) is 0 Å². The number of nitrogens with zero attached hydrogens (tertiary/aromatic N) is 1. The summed E-state index contributed by atoms with van der Waals surface area (Å²) >= 11 is 1.82. The van der Waals surface area contributed by atoms with Crippen molar-refractivity contribution < 1.29 is 4.40 Å². The van der Waals surface area contributed by atoms with Gasteiger partial charge >= 0.3 is 0 Å². The molecule has 0 saturated carbocycles. The molecule has 2 nitrogen and oxygen atoms in total. The van der Waals surface area contributed by atoms with Crippen molar-refractivity contribution in [2.45, 2.75) is 6.92 Å². The molecule has 4 aromatic rings. The number of benzene rings is 2. The van der Waals surface area contributed by atoms with Crippen molar-refractivity contribution in [3.8, 4) is 0 Å². The molecule has 0 unspecified atom stereocenters. The lowest BCUT2D eigenvalue weighted by atomic mass is 10.2. The second kappa shape index (κ2) is 3.68. The van der Waals surface area contributed by atoms with Gasteiger partial charge in [-0.15, -0.1) is 4.40 Å². The summed E-state index contributed by atoms with van der Waals surface area (Å²) < 4.78 is 3.64. The number of fused-ring (bicyclic) bond motifs is 5. The smallest absolute Gasteiger partial charge is 0.268 e. The monoisotopic (exact) mass is 265 g/mol. The van der Waals surface area contributed by atoms with Crippen LogP contribution in [0.2, 0.25) is 0 Å². The van der Waals surface area contributed by atoms with Gasteiger partial charge in [0.2, 0.25) is 11.0 Å². The van der Waals surface area contributed by atoms with Crippen molar-refractivity contribution in [2.24, 2.45) is 0 Å². The number of nitrogen functional groups attached to an aromatic ring is 1. The lowest BCUT2D eigenvalue weighted by Crippen LogP contribution is -2.20. The number of hydrogen-bond donors (Lipinski definition) is 1. The van der Waals surface area contributed by atoms with Gasteiger partial charge in [0.1, 0.15) is 4.70 Å². The summed E-state index contributed by atoms with van der Waals surface area (Å²) in [6.07, 6.45) is 0. The van der Waals surface area contributed by atoms with E-state index in [9.17, 15) is 0 Å². The number of pyridine rings is 1. The molecule has 0 aliphatic heterocycles. The molecule has 4 rings (SSSR count). The molecule has 92 valence electrons.